The zero-order valence-electron chi connectivity index (χ0n) is 18.7. The van der Waals surface area contributed by atoms with Crippen molar-refractivity contribution in [3.8, 4) is 17.0 Å². The van der Waals surface area contributed by atoms with E-state index in [1.165, 1.54) is 90.8 Å². The fourth-order valence-electron chi connectivity index (χ4n) is 5.34. The molecule has 0 spiro atoms. The first-order valence-electron chi connectivity index (χ1n) is 12.0. The van der Waals surface area contributed by atoms with E-state index in [9.17, 15) is 0 Å². The van der Waals surface area contributed by atoms with E-state index in [0.29, 0.717) is 0 Å². The van der Waals surface area contributed by atoms with Crippen LogP contribution in [0.4, 0.5) is 0 Å². The molecule has 0 N–H and O–H groups in total. The molecule has 3 aromatic rings. The van der Waals surface area contributed by atoms with Crippen LogP contribution in [-0.4, -0.2) is 42.0 Å². The number of aromatic nitrogens is 1. The van der Waals surface area contributed by atoms with Gasteiger partial charge in [-0.25, -0.2) is 0 Å². The number of thioether (sulfide) groups is 1. The minimum Gasteiger partial charge on any atom is -0.497 e. The molecule has 3 heterocycles. The minimum absolute atomic E-state index is 0.954. The fraction of sp³-hybridized carbons (Fsp3) is 0.481. The number of fused-ring (bicyclic) bond motifs is 5. The molecule has 0 unspecified atom stereocenters. The number of piperidine rings is 1. The number of nitrogens with zero attached hydrogens (tertiary/aromatic N) is 2. The number of hydrogen-bond donors (Lipinski definition) is 0. The largest absolute Gasteiger partial charge is 0.497 e. The zero-order valence-corrected chi connectivity index (χ0v) is 19.6. The average Bonchev–Trinajstić information content (AvgIpc) is 3.00. The summed E-state index contributed by atoms with van der Waals surface area (Å²) in [5.41, 5.74) is 5.75. The van der Waals surface area contributed by atoms with Crippen LogP contribution in [0.1, 0.15) is 44.1 Å². The molecule has 0 amide bonds. The number of aryl methyl sites for hydroxylation is 2. The molecule has 31 heavy (non-hydrogen) atoms. The van der Waals surface area contributed by atoms with Crippen LogP contribution in [0.15, 0.2) is 47.4 Å². The van der Waals surface area contributed by atoms with E-state index < -0.39 is 0 Å². The highest BCUT2D eigenvalue weighted by atomic mass is 32.2. The van der Waals surface area contributed by atoms with Gasteiger partial charge in [0, 0.05) is 33.7 Å². The molecule has 0 aliphatic carbocycles. The fourth-order valence-corrected chi connectivity index (χ4v) is 6.39. The standard InChI is InChI=1S/C27H34N2OS/c1-30-21-12-13-24-26(20-21)31-19-14-23-22-10-4-5-11-25(22)29(27(23)24)18-9-3-8-17-28-15-6-2-7-16-28/h4-5,10-13,20H,2-3,6-9,14-19H2,1H3. The number of rotatable bonds is 7. The van der Waals surface area contributed by atoms with Gasteiger partial charge >= 0.3 is 0 Å². The molecular formula is C27H34N2OS. The highest BCUT2D eigenvalue weighted by Crippen LogP contribution is 2.43. The van der Waals surface area contributed by atoms with E-state index in [1.807, 2.05) is 11.8 Å². The van der Waals surface area contributed by atoms with Gasteiger partial charge in [0.1, 0.15) is 5.75 Å². The van der Waals surface area contributed by atoms with Gasteiger partial charge in [-0.3, -0.25) is 0 Å². The number of ether oxygens (including phenoxy) is 1. The molecule has 1 fully saturated rings. The second-order valence-electron chi connectivity index (χ2n) is 8.92. The summed E-state index contributed by atoms with van der Waals surface area (Å²) in [5.74, 6) is 2.08. The molecule has 0 saturated carbocycles. The van der Waals surface area contributed by atoms with Crippen molar-refractivity contribution in [1.82, 2.24) is 9.47 Å². The first-order chi connectivity index (χ1) is 15.3. The average molecular weight is 435 g/mol. The summed E-state index contributed by atoms with van der Waals surface area (Å²) < 4.78 is 8.13. The molecule has 0 bridgehead atoms. The Hall–Kier alpha value is -1.91. The van der Waals surface area contributed by atoms with Gasteiger partial charge in [-0.1, -0.05) is 31.0 Å². The van der Waals surface area contributed by atoms with E-state index in [1.54, 1.807) is 7.11 Å². The van der Waals surface area contributed by atoms with Gasteiger partial charge in [-0.05, 0) is 81.6 Å². The maximum atomic E-state index is 5.52. The third-order valence-corrected chi connectivity index (χ3v) is 7.99. The van der Waals surface area contributed by atoms with Gasteiger partial charge < -0.3 is 14.2 Å². The topological polar surface area (TPSA) is 17.4 Å². The molecule has 4 heteroatoms. The van der Waals surface area contributed by atoms with Crippen molar-refractivity contribution in [1.29, 1.82) is 0 Å². The summed E-state index contributed by atoms with van der Waals surface area (Å²) in [6, 6.07) is 15.6. The van der Waals surface area contributed by atoms with Crippen LogP contribution in [0.5, 0.6) is 5.75 Å². The van der Waals surface area contributed by atoms with Crippen molar-refractivity contribution in [2.45, 2.75) is 56.4 Å². The summed E-state index contributed by atoms with van der Waals surface area (Å²) in [6.45, 7) is 5.01. The summed E-state index contributed by atoms with van der Waals surface area (Å²) in [4.78, 5) is 4.02. The number of unbranched alkanes of at least 4 members (excludes halogenated alkanes) is 2. The van der Waals surface area contributed by atoms with Gasteiger partial charge in [0.05, 0.1) is 12.8 Å². The molecule has 3 nitrogen and oxygen atoms in total. The lowest BCUT2D eigenvalue weighted by Gasteiger charge is -2.26. The zero-order chi connectivity index (χ0) is 21.0. The smallest absolute Gasteiger partial charge is 0.120 e. The first kappa shape index (κ1) is 21.0. The van der Waals surface area contributed by atoms with Crippen LogP contribution in [0, 0.1) is 0 Å². The second-order valence-corrected chi connectivity index (χ2v) is 10.1. The van der Waals surface area contributed by atoms with Crippen LogP contribution in [-0.2, 0) is 13.0 Å². The van der Waals surface area contributed by atoms with Crippen LogP contribution in [0.3, 0.4) is 0 Å². The molecular weight excluding hydrogens is 400 g/mol. The third-order valence-electron chi connectivity index (χ3n) is 6.93. The lowest BCUT2D eigenvalue weighted by atomic mass is 10.0. The summed E-state index contributed by atoms with van der Waals surface area (Å²) in [7, 11) is 1.76. The van der Waals surface area contributed by atoms with E-state index >= 15 is 0 Å². The Labute approximate surface area is 190 Å². The Morgan fingerprint density at radius 1 is 0.935 bits per heavy atom. The molecule has 0 radical (unpaired) electrons. The Morgan fingerprint density at radius 3 is 2.65 bits per heavy atom. The van der Waals surface area contributed by atoms with Crippen molar-refractivity contribution in [2.75, 3.05) is 32.5 Å². The van der Waals surface area contributed by atoms with Crippen molar-refractivity contribution >= 4 is 22.7 Å². The van der Waals surface area contributed by atoms with E-state index in [-0.39, 0.29) is 0 Å². The number of methoxy groups -OCH3 is 1. The predicted octanol–water partition coefficient (Wildman–Crippen LogP) is 6.62. The quantitative estimate of drug-likeness (QED) is 0.389. The first-order valence-corrected chi connectivity index (χ1v) is 13.0. The number of benzene rings is 2. The molecule has 2 aliphatic rings. The maximum Gasteiger partial charge on any atom is 0.120 e. The molecule has 0 atom stereocenters. The van der Waals surface area contributed by atoms with Gasteiger partial charge in [0.2, 0.25) is 0 Å². The normalized spacial score (nSPS) is 16.7. The van der Waals surface area contributed by atoms with Crippen LogP contribution in [0.2, 0.25) is 0 Å². The Balaban J connectivity index is 1.40. The SMILES string of the molecule is COc1ccc2c(c1)SCCc1c-2n(CCCCCN2CCCCC2)c2ccccc12. The summed E-state index contributed by atoms with van der Waals surface area (Å²) >= 11 is 1.97. The van der Waals surface area contributed by atoms with Gasteiger partial charge in [-0.2, -0.15) is 0 Å². The van der Waals surface area contributed by atoms with Crippen molar-refractivity contribution in [3.05, 3.63) is 48.0 Å². The number of likely N-dealkylation sites (tertiary alicyclic amines) is 1. The van der Waals surface area contributed by atoms with Crippen molar-refractivity contribution in [2.24, 2.45) is 0 Å². The van der Waals surface area contributed by atoms with Crippen molar-refractivity contribution in [3.63, 3.8) is 0 Å². The van der Waals surface area contributed by atoms with Crippen molar-refractivity contribution < 1.29 is 4.74 Å². The highest BCUT2D eigenvalue weighted by Gasteiger charge is 2.23. The summed E-state index contributed by atoms with van der Waals surface area (Å²) in [5, 5.41) is 1.44. The van der Waals surface area contributed by atoms with E-state index in [2.05, 4.69) is 51.9 Å². The monoisotopic (exact) mass is 434 g/mol. The Bertz CT molecular complexity index is 1040. The van der Waals surface area contributed by atoms with Crippen LogP contribution < -0.4 is 4.74 Å². The van der Waals surface area contributed by atoms with Gasteiger partial charge in [0.25, 0.3) is 0 Å². The molecule has 164 valence electrons. The Morgan fingerprint density at radius 2 is 1.77 bits per heavy atom. The summed E-state index contributed by atoms with van der Waals surface area (Å²) in [6.07, 6.45) is 9.21. The minimum atomic E-state index is 0.954. The predicted molar refractivity (Wildman–Crippen MR) is 132 cm³/mol. The lowest BCUT2D eigenvalue weighted by molar-refractivity contribution is 0.224. The molecule has 5 rings (SSSR count). The lowest BCUT2D eigenvalue weighted by Crippen LogP contribution is -2.30. The Kier molecular flexibility index (Phi) is 6.56. The maximum absolute atomic E-state index is 5.52. The van der Waals surface area contributed by atoms with Gasteiger partial charge in [-0.15, -0.1) is 11.8 Å². The van der Waals surface area contributed by atoms with Crippen LogP contribution in [0.25, 0.3) is 22.2 Å². The van der Waals surface area contributed by atoms with Gasteiger partial charge in [0.15, 0.2) is 0 Å². The number of para-hydroxylation sites is 1. The molecule has 1 saturated heterocycles. The molecule has 1 aromatic heterocycles. The van der Waals surface area contributed by atoms with E-state index in [0.717, 1.165) is 24.5 Å². The highest BCUT2D eigenvalue weighted by molar-refractivity contribution is 7.99. The van der Waals surface area contributed by atoms with Crippen LogP contribution >= 0.6 is 11.8 Å². The number of hydrogen-bond acceptors (Lipinski definition) is 3. The third kappa shape index (κ3) is 4.38. The second kappa shape index (κ2) is 9.70. The van der Waals surface area contributed by atoms with E-state index in [4.69, 9.17) is 4.74 Å². The molecule has 2 aliphatic heterocycles. The molecule has 2 aromatic carbocycles.